The number of benzene rings is 5. The van der Waals surface area contributed by atoms with Gasteiger partial charge in [-0.25, -0.2) is 0 Å². The van der Waals surface area contributed by atoms with E-state index in [-0.39, 0.29) is 21.1 Å². The molecule has 3 heteroatoms. The van der Waals surface area contributed by atoms with Gasteiger partial charge in [-0.05, 0) is 23.4 Å². The van der Waals surface area contributed by atoms with Gasteiger partial charge in [-0.3, -0.25) is 4.98 Å². The standard InChI is InChI=1S/C30H18N2.Pt/c1-2-7-25-18-21(13-14-22(25)6-1)20-32-29-12-4-8-23-15-16-26(19-28(23)29)27-11-3-9-24-10-5-17-31-30(24)27;/h1-17,20H;/q-2;+2. The molecule has 2 nitrogen and oxygen atoms in total. The summed E-state index contributed by atoms with van der Waals surface area (Å²) >= 11 is 0. The third-order valence-corrected chi connectivity index (χ3v) is 5.71. The molecular formula is C30H18N2Pt. The van der Waals surface area contributed by atoms with E-state index in [0.717, 1.165) is 49.4 Å². The van der Waals surface area contributed by atoms with Gasteiger partial charge in [-0.15, -0.1) is 59.0 Å². The molecule has 0 bridgehead atoms. The SMILES string of the molecule is [Pt+2].[c-]1c(C=Nc2cccc3ccc(-c4cccc5cccnc45)[c-]c23)ccc2ccccc12. The number of fused-ring (bicyclic) bond motifs is 3. The topological polar surface area (TPSA) is 25.2 Å². The molecule has 0 saturated carbocycles. The molecule has 0 aliphatic carbocycles. The molecule has 0 unspecified atom stereocenters. The maximum atomic E-state index is 4.81. The second-order valence-corrected chi connectivity index (χ2v) is 7.75. The summed E-state index contributed by atoms with van der Waals surface area (Å²) in [6, 6.07) is 40.1. The second-order valence-electron chi connectivity index (χ2n) is 7.75. The summed E-state index contributed by atoms with van der Waals surface area (Å²) in [5.74, 6) is 0. The second kappa shape index (κ2) is 9.09. The smallest absolute Gasteiger partial charge is 0.333 e. The number of nitrogens with zero attached hydrogens (tertiary/aromatic N) is 2. The molecule has 0 N–H and O–H groups in total. The Bertz CT molecular complexity index is 1630. The van der Waals surface area contributed by atoms with Crippen molar-refractivity contribution in [3.63, 3.8) is 0 Å². The van der Waals surface area contributed by atoms with Crippen LogP contribution in [0.15, 0.2) is 108 Å². The first kappa shape index (κ1) is 21.2. The number of hydrogen-bond donors (Lipinski definition) is 0. The zero-order valence-corrected chi connectivity index (χ0v) is 19.9. The molecule has 0 saturated heterocycles. The fraction of sp³-hybridized carbons (Fsp3) is 0. The van der Waals surface area contributed by atoms with Crippen LogP contribution in [0.4, 0.5) is 5.69 Å². The normalized spacial score (nSPS) is 11.3. The minimum absolute atomic E-state index is 0. The Morgan fingerprint density at radius 2 is 1.45 bits per heavy atom. The van der Waals surface area contributed by atoms with E-state index in [0.29, 0.717) is 0 Å². The number of aliphatic imine (C=N–C) groups is 1. The molecule has 0 fully saturated rings. The third kappa shape index (κ3) is 4.11. The first-order valence-electron chi connectivity index (χ1n) is 10.6. The van der Waals surface area contributed by atoms with Crippen molar-refractivity contribution in [3.8, 4) is 11.1 Å². The molecule has 0 spiro atoms. The predicted molar refractivity (Wildman–Crippen MR) is 134 cm³/mol. The Balaban J connectivity index is 0.00000228. The number of aromatic nitrogens is 1. The summed E-state index contributed by atoms with van der Waals surface area (Å²) in [7, 11) is 0. The van der Waals surface area contributed by atoms with Crippen LogP contribution in [-0.4, -0.2) is 11.2 Å². The molecule has 1 aromatic heterocycles. The fourth-order valence-corrected chi connectivity index (χ4v) is 4.12. The van der Waals surface area contributed by atoms with Gasteiger partial charge < -0.3 is 4.99 Å². The molecule has 33 heavy (non-hydrogen) atoms. The van der Waals surface area contributed by atoms with Crippen molar-refractivity contribution in [1.82, 2.24) is 4.98 Å². The van der Waals surface area contributed by atoms with E-state index in [1.54, 1.807) is 0 Å². The van der Waals surface area contributed by atoms with E-state index < -0.39 is 0 Å². The van der Waals surface area contributed by atoms with E-state index in [9.17, 15) is 0 Å². The molecule has 0 radical (unpaired) electrons. The van der Waals surface area contributed by atoms with Crippen molar-refractivity contribution < 1.29 is 21.1 Å². The van der Waals surface area contributed by atoms with Gasteiger partial charge in [0.1, 0.15) is 0 Å². The number of rotatable bonds is 3. The van der Waals surface area contributed by atoms with E-state index in [1.807, 2.05) is 48.8 Å². The summed E-state index contributed by atoms with van der Waals surface area (Å²) in [6.45, 7) is 0. The summed E-state index contributed by atoms with van der Waals surface area (Å²) in [6.07, 6.45) is 3.71. The van der Waals surface area contributed by atoms with Gasteiger partial charge in [0.05, 0.1) is 0 Å². The molecule has 6 aromatic rings. The number of pyridine rings is 1. The van der Waals surface area contributed by atoms with Crippen molar-refractivity contribution in [2.45, 2.75) is 0 Å². The van der Waals surface area contributed by atoms with Crippen molar-refractivity contribution in [2.75, 3.05) is 0 Å². The molecule has 5 aromatic carbocycles. The molecule has 0 atom stereocenters. The summed E-state index contributed by atoms with van der Waals surface area (Å²) in [5, 5.41) is 5.49. The number of hydrogen-bond acceptors (Lipinski definition) is 2. The maximum Gasteiger partial charge on any atom is 2.00 e. The first-order chi connectivity index (χ1) is 15.8. The molecular weight excluding hydrogens is 583 g/mol. The summed E-state index contributed by atoms with van der Waals surface area (Å²) < 4.78 is 0. The maximum absolute atomic E-state index is 4.81. The predicted octanol–water partition coefficient (Wildman–Crippen LogP) is 7.56. The van der Waals surface area contributed by atoms with Crippen LogP contribution in [0.2, 0.25) is 0 Å². The molecule has 1 heterocycles. The molecule has 0 aliphatic rings. The molecule has 158 valence electrons. The zero-order valence-electron chi connectivity index (χ0n) is 17.6. The number of para-hydroxylation sites is 1. The van der Waals surface area contributed by atoms with Crippen LogP contribution in [-0.2, 0) is 21.1 Å². The quantitative estimate of drug-likeness (QED) is 0.152. The van der Waals surface area contributed by atoms with Gasteiger partial charge in [0.2, 0.25) is 0 Å². The Morgan fingerprint density at radius 3 is 2.42 bits per heavy atom. The fourth-order valence-electron chi connectivity index (χ4n) is 4.12. The minimum atomic E-state index is 0. The Kier molecular flexibility index (Phi) is 5.86. The average molecular weight is 602 g/mol. The Morgan fingerprint density at radius 1 is 0.667 bits per heavy atom. The molecule has 0 amide bonds. The van der Waals surface area contributed by atoms with E-state index >= 15 is 0 Å². The van der Waals surface area contributed by atoms with Crippen LogP contribution in [0.25, 0.3) is 43.6 Å². The average Bonchev–Trinajstić information content (AvgIpc) is 2.86. The van der Waals surface area contributed by atoms with Gasteiger partial charge >= 0.3 is 21.1 Å². The van der Waals surface area contributed by atoms with Crippen LogP contribution in [0, 0.1) is 12.1 Å². The van der Waals surface area contributed by atoms with Gasteiger partial charge in [0, 0.05) is 11.7 Å². The van der Waals surface area contributed by atoms with Gasteiger partial charge in [-0.1, -0.05) is 82.4 Å². The van der Waals surface area contributed by atoms with Crippen LogP contribution < -0.4 is 0 Å². The van der Waals surface area contributed by atoms with E-state index in [1.165, 1.54) is 5.39 Å². The van der Waals surface area contributed by atoms with Crippen molar-refractivity contribution in [2.24, 2.45) is 4.99 Å². The van der Waals surface area contributed by atoms with Crippen LogP contribution in [0.5, 0.6) is 0 Å². The largest absolute Gasteiger partial charge is 2.00 e. The summed E-state index contributed by atoms with van der Waals surface area (Å²) in [5.41, 5.74) is 4.92. The van der Waals surface area contributed by atoms with Crippen LogP contribution >= 0.6 is 0 Å². The monoisotopic (exact) mass is 601 g/mol. The molecule has 6 rings (SSSR count). The van der Waals surface area contributed by atoms with Crippen molar-refractivity contribution >= 4 is 44.3 Å². The van der Waals surface area contributed by atoms with Crippen molar-refractivity contribution in [1.29, 1.82) is 0 Å². The van der Waals surface area contributed by atoms with Gasteiger partial charge in [0.15, 0.2) is 0 Å². The van der Waals surface area contributed by atoms with Gasteiger partial charge in [0.25, 0.3) is 0 Å². The third-order valence-electron chi connectivity index (χ3n) is 5.71. The Labute approximate surface area is 206 Å². The first-order valence-corrected chi connectivity index (χ1v) is 10.6. The summed E-state index contributed by atoms with van der Waals surface area (Å²) in [4.78, 5) is 9.41. The Hall–Kier alpha value is -3.61. The molecule has 0 aliphatic heterocycles. The van der Waals surface area contributed by atoms with Gasteiger partial charge in [-0.2, -0.15) is 0 Å². The van der Waals surface area contributed by atoms with Crippen LogP contribution in [0.1, 0.15) is 5.56 Å². The zero-order chi connectivity index (χ0) is 21.3. The van der Waals surface area contributed by atoms with E-state index in [4.69, 9.17) is 4.99 Å². The minimum Gasteiger partial charge on any atom is -0.333 e. The van der Waals surface area contributed by atoms with Crippen LogP contribution in [0.3, 0.4) is 0 Å². The van der Waals surface area contributed by atoms with Crippen molar-refractivity contribution in [3.05, 3.63) is 121 Å². The van der Waals surface area contributed by atoms with E-state index in [2.05, 4.69) is 77.8 Å².